The Kier molecular flexibility index (Phi) is 5.35. The van der Waals surface area contributed by atoms with Crippen LogP contribution in [0.1, 0.15) is 6.92 Å². The Balaban J connectivity index is 3.01. The lowest BCUT2D eigenvalue weighted by Gasteiger charge is -2.43. The summed E-state index contributed by atoms with van der Waals surface area (Å²) in [5.41, 5.74) is 3.16. The Bertz CT molecular complexity index is 357. The van der Waals surface area contributed by atoms with Gasteiger partial charge in [0.1, 0.15) is 0 Å². The first-order chi connectivity index (χ1) is 8.45. The molecule has 0 spiro atoms. The van der Waals surface area contributed by atoms with E-state index in [0.717, 1.165) is 5.57 Å². The zero-order valence-corrected chi connectivity index (χ0v) is 17.2. The van der Waals surface area contributed by atoms with Gasteiger partial charge in [-0.15, -0.1) is 0 Å². The lowest BCUT2D eigenvalue weighted by molar-refractivity contribution is 0.254. The Hall–Kier alpha value is 0.188. The summed E-state index contributed by atoms with van der Waals surface area (Å²) in [6.45, 7) is 18.2. The number of hydrogen-bond donors (Lipinski definition) is 0. The van der Waals surface area contributed by atoms with Crippen molar-refractivity contribution in [2.45, 2.75) is 46.2 Å². The Morgan fingerprint density at radius 3 is 1.68 bits per heavy atom. The van der Waals surface area contributed by atoms with Crippen molar-refractivity contribution in [3.63, 3.8) is 0 Å². The summed E-state index contributed by atoms with van der Waals surface area (Å²) in [6.07, 6.45) is 1.82. The van der Waals surface area contributed by atoms with Crippen molar-refractivity contribution >= 4 is 35.0 Å². The lowest BCUT2D eigenvalue weighted by Crippen LogP contribution is -2.60. The molecule has 0 atom stereocenters. The van der Waals surface area contributed by atoms with Crippen molar-refractivity contribution in [1.82, 2.24) is 0 Å². The van der Waals surface area contributed by atoms with Crippen LogP contribution in [-0.2, 0) is 16.5 Å². The molecule has 1 fully saturated rings. The highest BCUT2D eigenvalue weighted by atomic mass is 28.5. The monoisotopic (exact) mass is 334 g/mol. The van der Waals surface area contributed by atoms with E-state index in [1.54, 1.807) is 0 Å². The van der Waals surface area contributed by atoms with Gasteiger partial charge in [0.05, 0.1) is 0 Å². The van der Waals surface area contributed by atoms with E-state index in [1.807, 2.05) is 13.0 Å². The van der Waals surface area contributed by atoms with Crippen LogP contribution >= 0.6 is 0 Å². The molecule has 19 heavy (non-hydrogen) atoms. The second-order valence-corrected chi connectivity index (χ2v) is 19.1. The van der Waals surface area contributed by atoms with Gasteiger partial charge in [0.15, 0.2) is 0 Å². The number of allylic oxidation sites excluding steroid dienone is 2. The molecule has 0 N–H and O–H groups in total. The predicted molar refractivity (Wildman–Crippen MR) is 87.9 cm³/mol. The molecule has 0 amide bonds. The fourth-order valence-electron chi connectivity index (χ4n) is 2.19. The molecule has 1 saturated heterocycles. The SMILES string of the molecule is C=CC(C)=C[SiH]1O[Si](C)(C)O[Si](C)(C)O[Si](C)(C)O1. The maximum atomic E-state index is 6.22. The van der Waals surface area contributed by atoms with Gasteiger partial charge < -0.3 is 16.5 Å². The molecular formula is C11H26O4Si4. The molecule has 0 radical (unpaired) electrons. The van der Waals surface area contributed by atoms with Crippen molar-refractivity contribution in [3.8, 4) is 0 Å². The smallest absolute Gasteiger partial charge is 0.331 e. The third-order valence-corrected chi connectivity index (χ3v) is 17.6. The van der Waals surface area contributed by atoms with Gasteiger partial charge in [0.25, 0.3) is 0 Å². The minimum atomic E-state index is -2.20. The second-order valence-electron chi connectivity index (χ2n) is 6.12. The molecule has 8 heteroatoms. The van der Waals surface area contributed by atoms with Crippen LogP contribution in [0.5, 0.6) is 0 Å². The molecule has 0 aromatic heterocycles. The van der Waals surface area contributed by atoms with Crippen LogP contribution in [0.2, 0.25) is 39.3 Å². The highest BCUT2D eigenvalue weighted by Crippen LogP contribution is 2.26. The highest BCUT2D eigenvalue weighted by molar-refractivity contribution is 6.90. The van der Waals surface area contributed by atoms with Gasteiger partial charge in [0.2, 0.25) is 0 Å². The molecule has 0 aromatic carbocycles. The summed E-state index contributed by atoms with van der Waals surface area (Å²) in [7, 11) is -8.48. The van der Waals surface area contributed by atoms with E-state index in [4.69, 9.17) is 16.5 Å². The topological polar surface area (TPSA) is 36.9 Å². The van der Waals surface area contributed by atoms with Crippen molar-refractivity contribution in [3.05, 3.63) is 23.9 Å². The van der Waals surface area contributed by atoms with Crippen LogP contribution in [0.3, 0.4) is 0 Å². The molecule has 0 bridgehead atoms. The largest absolute Gasteiger partial charge is 0.416 e. The molecule has 1 aliphatic heterocycles. The maximum Gasteiger partial charge on any atom is 0.331 e. The van der Waals surface area contributed by atoms with Gasteiger partial charge in [0, 0.05) is 0 Å². The summed E-state index contributed by atoms with van der Waals surface area (Å²) in [5, 5.41) is 0. The minimum Gasteiger partial charge on any atom is -0.416 e. The van der Waals surface area contributed by atoms with Crippen LogP contribution in [0, 0.1) is 0 Å². The quantitative estimate of drug-likeness (QED) is 0.574. The first-order valence-corrected chi connectivity index (χ1v) is 16.6. The first-order valence-electron chi connectivity index (χ1n) is 6.52. The number of hydrogen-bond acceptors (Lipinski definition) is 4. The lowest BCUT2D eigenvalue weighted by atomic mass is 10.4. The molecule has 4 nitrogen and oxygen atoms in total. The van der Waals surface area contributed by atoms with E-state index in [-0.39, 0.29) is 0 Å². The first kappa shape index (κ1) is 17.2. The van der Waals surface area contributed by atoms with Crippen molar-refractivity contribution in [1.29, 1.82) is 0 Å². The summed E-state index contributed by atoms with van der Waals surface area (Å²) < 4.78 is 24.9. The Morgan fingerprint density at radius 1 is 0.895 bits per heavy atom. The van der Waals surface area contributed by atoms with E-state index in [1.165, 1.54) is 0 Å². The second kappa shape index (κ2) is 5.90. The zero-order valence-electron chi connectivity index (χ0n) is 13.1. The summed E-state index contributed by atoms with van der Waals surface area (Å²) in [4.78, 5) is 0. The molecule has 0 aromatic rings. The van der Waals surface area contributed by atoms with Gasteiger partial charge in [-0.1, -0.05) is 18.2 Å². The van der Waals surface area contributed by atoms with Crippen molar-refractivity contribution in [2.75, 3.05) is 0 Å². The molecule has 0 saturated carbocycles. The average Bonchev–Trinajstić information content (AvgIpc) is 2.09. The molecule has 1 rings (SSSR count). The van der Waals surface area contributed by atoms with Gasteiger partial charge in [-0.05, 0) is 51.9 Å². The van der Waals surface area contributed by atoms with E-state index >= 15 is 0 Å². The van der Waals surface area contributed by atoms with Gasteiger partial charge in [-0.2, -0.15) is 0 Å². The van der Waals surface area contributed by atoms with E-state index < -0.39 is 35.0 Å². The molecule has 110 valence electrons. The van der Waals surface area contributed by atoms with Crippen LogP contribution in [0.4, 0.5) is 0 Å². The van der Waals surface area contributed by atoms with Crippen molar-refractivity contribution in [2.24, 2.45) is 0 Å². The molecule has 1 aliphatic rings. The molecule has 0 aliphatic carbocycles. The van der Waals surface area contributed by atoms with Crippen LogP contribution in [0.25, 0.3) is 0 Å². The third kappa shape index (κ3) is 6.00. The van der Waals surface area contributed by atoms with Crippen LogP contribution in [-0.4, -0.2) is 35.0 Å². The zero-order chi connectivity index (χ0) is 14.9. The average molecular weight is 335 g/mol. The Morgan fingerprint density at radius 2 is 1.32 bits per heavy atom. The summed E-state index contributed by atoms with van der Waals surface area (Å²) in [6, 6.07) is 0. The molecular weight excluding hydrogens is 308 g/mol. The van der Waals surface area contributed by atoms with E-state index in [0.29, 0.717) is 0 Å². The Labute approximate surface area is 122 Å². The maximum absolute atomic E-state index is 6.22. The van der Waals surface area contributed by atoms with Gasteiger partial charge in [-0.3, -0.25) is 0 Å². The standard InChI is InChI=1S/C11H26O4Si4/c1-9-11(2)10-16-12-17(3,4)14-19(7,8)15-18(5,6)13-16/h9-10,16H,1H2,2-8H3. The predicted octanol–water partition coefficient (Wildman–Crippen LogP) is 3.06. The summed E-state index contributed by atoms with van der Waals surface area (Å²) >= 11 is 0. The fourth-order valence-corrected chi connectivity index (χ4v) is 19.7. The fraction of sp³-hybridized carbons (Fsp3) is 0.636. The van der Waals surface area contributed by atoms with Crippen LogP contribution in [0.15, 0.2) is 23.9 Å². The van der Waals surface area contributed by atoms with E-state index in [2.05, 4.69) is 51.6 Å². The third-order valence-electron chi connectivity index (χ3n) is 2.50. The highest BCUT2D eigenvalue weighted by Gasteiger charge is 2.46. The normalized spacial score (nSPS) is 27.4. The minimum absolute atomic E-state index is 1.09. The van der Waals surface area contributed by atoms with Crippen molar-refractivity contribution < 1.29 is 16.5 Å². The van der Waals surface area contributed by atoms with Crippen LogP contribution < -0.4 is 0 Å². The van der Waals surface area contributed by atoms with Gasteiger partial charge in [-0.25, -0.2) is 0 Å². The number of rotatable bonds is 2. The molecule has 1 heterocycles. The summed E-state index contributed by atoms with van der Waals surface area (Å²) in [5.74, 6) is 0. The van der Waals surface area contributed by atoms with Gasteiger partial charge >= 0.3 is 35.0 Å². The van der Waals surface area contributed by atoms with E-state index in [9.17, 15) is 0 Å². The molecule has 0 unspecified atom stereocenters.